The SMILES string of the molecule is CCCCCCCCCCCCCCCCC(=O)O[C@H](COC(=O)CCCCCCCCCCC(C)CC)COP(=O)(O)OC[C@H](O)COP(=O)(O)OC[C@@H](COC(=O)CCCCCCCCCCCCCC(C)C)OC(=O)CCCCCCCCCCCCCCCCC(C)CC. The van der Waals surface area contributed by atoms with Gasteiger partial charge in [0.15, 0.2) is 12.2 Å². The van der Waals surface area contributed by atoms with Crippen LogP contribution in [-0.2, 0) is 65.4 Å². The number of carbonyl (C=O) groups is 4. The van der Waals surface area contributed by atoms with Crippen molar-refractivity contribution in [1.82, 2.24) is 0 Å². The summed E-state index contributed by atoms with van der Waals surface area (Å²) >= 11 is 0. The number of hydrogen-bond acceptors (Lipinski definition) is 15. The van der Waals surface area contributed by atoms with Crippen molar-refractivity contribution >= 4 is 39.5 Å². The van der Waals surface area contributed by atoms with Gasteiger partial charge in [-0.3, -0.25) is 37.3 Å². The number of carbonyl (C=O) groups excluding carboxylic acids is 4. The molecule has 582 valence electrons. The summed E-state index contributed by atoms with van der Waals surface area (Å²) in [4.78, 5) is 73.0. The highest BCUT2D eigenvalue weighted by atomic mass is 31.2. The van der Waals surface area contributed by atoms with Crippen LogP contribution in [-0.4, -0.2) is 96.7 Å². The largest absolute Gasteiger partial charge is 0.472 e. The minimum Gasteiger partial charge on any atom is -0.462 e. The van der Waals surface area contributed by atoms with E-state index >= 15 is 0 Å². The molecule has 0 fully saturated rings. The lowest BCUT2D eigenvalue weighted by Gasteiger charge is -2.21. The van der Waals surface area contributed by atoms with Crippen molar-refractivity contribution in [3.05, 3.63) is 0 Å². The molecule has 0 amide bonds. The molecule has 7 atom stereocenters. The Labute approximate surface area is 600 Å². The van der Waals surface area contributed by atoms with Crippen molar-refractivity contribution in [2.75, 3.05) is 39.6 Å². The summed E-state index contributed by atoms with van der Waals surface area (Å²) in [6.07, 6.45) is 56.6. The Balaban J connectivity index is 5.27. The predicted octanol–water partition coefficient (Wildman–Crippen LogP) is 23.4. The van der Waals surface area contributed by atoms with Gasteiger partial charge >= 0.3 is 39.5 Å². The summed E-state index contributed by atoms with van der Waals surface area (Å²) in [6, 6.07) is 0. The van der Waals surface area contributed by atoms with Crippen LogP contribution in [0.2, 0.25) is 0 Å². The Kier molecular flexibility index (Phi) is 68.1. The third kappa shape index (κ3) is 69.8. The Bertz CT molecular complexity index is 1910. The number of hydrogen-bond donors (Lipinski definition) is 3. The van der Waals surface area contributed by atoms with Crippen LogP contribution in [0.15, 0.2) is 0 Å². The molecule has 0 bridgehead atoms. The van der Waals surface area contributed by atoms with Crippen LogP contribution in [0.4, 0.5) is 0 Å². The first-order valence-electron chi connectivity index (χ1n) is 40.9. The van der Waals surface area contributed by atoms with Crippen molar-refractivity contribution in [3.8, 4) is 0 Å². The fourth-order valence-corrected chi connectivity index (χ4v) is 13.6. The van der Waals surface area contributed by atoms with E-state index in [-0.39, 0.29) is 25.7 Å². The summed E-state index contributed by atoms with van der Waals surface area (Å²) in [5.41, 5.74) is 0. The van der Waals surface area contributed by atoms with Crippen molar-refractivity contribution in [2.24, 2.45) is 17.8 Å². The second-order valence-electron chi connectivity index (χ2n) is 29.4. The molecule has 0 aliphatic carbocycles. The van der Waals surface area contributed by atoms with Crippen LogP contribution in [0.3, 0.4) is 0 Å². The van der Waals surface area contributed by atoms with Gasteiger partial charge in [-0.2, -0.15) is 0 Å². The molecular formula is C79H154O17P2. The molecule has 0 aliphatic rings. The summed E-state index contributed by atoms with van der Waals surface area (Å²) < 4.78 is 68.7. The quantitative estimate of drug-likeness (QED) is 0.0222. The first-order valence-corrected chi connectivity index (χ1v) is 43.9. The van der Waals surface area contributed by atoms with Crippen LogP contribution in [0, 0.1) is 17.8 Å². The maximum Gasteiger partial charge on any atom is 0.472 e. The van der Waals surface area contributed by atoms with E-state index in [0.29, 0.717) is 25.7 Å². The Morgan fingerprint density at radius 3 is 0.776 bits per heavy atom. The normalized spacial score (nSPS) is 14.6. The summed E-state index contributed by atoms with van der Waals surface area (Å²) in [5, 5.41) is 10.6. The molecule has 0 saturated heterocycles. The molecule has 3 N–H and O–H groups in total. The summed E-state index contributed by atoms with van der Waals surface area (Å²) in [7, 11) is -9.92. The van der Waals surface area contributed by atoms with Crippen molar-refractivity contribution < 1.29 is 80.2 Å². The zero-order valence-electron chi connectivity index (χ0n) is 64.3. The Morgan fingerprint density at radius 2 is 0.520 bits per heavy atom. The molecule has 0 aromatic heterocycles. The summed E-state index contributed by atoms with van der Waals surface area (Å²) in [6.45, 7) is 12.0. The van der Waals surface area contributed by atoms with Gasteiger partial charge in [0.05, 0.1) is 26.4 Å². The lowest BCUT2D eigenvalue weighted by molar-refractivity contribution is -0.161. The van der Waals surface area contributed by atoms with Crippen molar-refractivity contribution in [2.45, 2.75) is 426 Å². The van der Waals surface area contributed by atoms with E-state index in [4.69, 9.17) is 37.0 Å². The summed E-state index contributed by atoms with van der Waals surface area (Å²) in [5.74, 6) is 0.283. The molecule has 0 rings (SSSR count). The van der Waals surface area contributed by atoms with Gasteiger partial charge in [-0.25, -0.2) is 9.13 Å². The number of esters is 4. The number of aliphatic hydroxyl groups excluding tert-OH is 1. The van der Waals surface area contributed by atoms with Gasteiger partial charge in [0.1, 0.15) is 19.3 Å². The molecule has 0 aromatic carbocycles. The van der Waals surface area contributed by atoms with E-state index in [2.05, 4.69) is 48.5 Å². The highest BCUT2D eigenvalue weighted by molar-refractivity contribution is 7.47. The van der Waals surface area contributed by atoms with Crippen LogP contribution >= 0.6 is 15.6 Å². The molecule has 0 radical (unpaired) electrons. The molecule has 0 spiro atoms. The van der Waals surface area contributed by atoms with Gasteiger partial charge < -0.3 is 33.8 Å². The van der Waals surface area contributed by atoms with Crippen molar-refractivity contribution in [3.63, 3.8) is 0 Å². The maximum atomic E-state index is 13.1. The topological polar surface area (TPSA) is 237 Å². The molecule has 0 aromatic rings. The minimum atomic E-state index is -4.96. The number of phosphoric acid groups is 2. The lowest BCUT2D eigenvalue weighted by Crippen LogP contribution is -2.30. The van der Waals surface area contributed by atoms with E-state index < -0.39 is 97.5 Å². The van der Waals surface area contributed by atoms with Crippen LogP contribution in [0.1, 0.15) is 408 Å². The van der Waals surface area contributed by atoms with Crippen molar-refractivity contribution in [1.29, 1.82) is 0 Å². The molecule has 98 heavy (non-hydrogen) atoms. The van der Waals surface area contributed by atoms with Gasteiger partial charge in [0.2, 0.25) is 0 Å². The van der Waals surface area contributed by atoms with E-state index in [1.54, 1.807) is 0 Å². The number of phosphoric ester groups is 2. The standard InChI is InChI=1S/C79H154O17P2/c1-8-11-12-13-14-15-16-17-21-26-32-41-48-55-62-78(83)96-75(67-90-77(82)61-54-47-40-35-34-38-45-52-59-72(7)10-3)69-94-98(87,88)92-65-73(80)64-91-97(85,86)93-68-74(66-89-76(81)60-53-46-39-31-28-23-24-29-36-43-50-57-70(4)5)95-79(84)63-56-49-42-33-27-22-19-18-20-25-30-37-44-51-58-71(6)9-2/h70-75,80H,8-69H2,1-7H3,(H,85,86)(H,87,88)/t71?,72?,73-,74-,75-/m1/s1. The number of aliphatic hydroxyl groups is 1. The average Bonchev–Trinajstić information content (AvgIpc) is 1.02. The molecular weight excluding hydrogens is 1280 g/mol. The molecule has 17 nitrogen and oxygen atoms in total. The molecule has 0 aliphatic heterocycles. The number of unbranched alkanes of at least 4 members (excludes halogenated alkanes) is 43. The smallest absolute Gasteiger partial charge is 0.462 e. The minimum absolute atomic E-state index is 0.107. The van der Waals surface area contributed by atoms with Crippen LogP contribution in [0.5, 0.6) is 0 Å². The van der Waals surface area contributed by atoms with E-state index in [1.807, 2.05) is 0 Å². The van der Waals surface area contributed by atoms with E-state index in [0.717, 1.165) is 108 Å². The number of rotatable bonds is 77. The molecule has 19 heteroatoms. The maximum absolute atomic E-state index is 13.1. The molecule has 4 unspecified atom stereocenters. The fourth-order valence-electron chi connectivity index (χ4n) is 12.1. The van der Waals surface area contributed by atoms with Gasteiger partial charge in [-0.15, -0.1) is 0 Å². The van der Waals surface area contributed by atoms with Gasteiger partial charge in [0.25, 0.3) is 0 Å². The first kappa shape index (κ1) is 96.1. The number of ether oxygens (including phenoxy) is 4. The average molecular weight is 1440 g/mol. The first-order chi connectivity index (χ1) is 47.3. The molecule has 0 heterocycles. The lowest BCUT2D eigenvalue weighted by atomic mass is 9.99. The Hall–Kier alpha value is -1.94. The fraction of sp³-hybridized carbons (Fsp3) is 0.949. The van der Waals surface area contributed by atoms with Gasteiger partial charge in [-0.05, 0) is 43.4 Å². The molecule has 0 saturated carbocycles. The van der Waals surface area contributed by atoms with Crippen LogP contribution < -0.4 is 0 Å². The van der Waals surface area contributed by atoms with Gasteiger partial charge in [0, 0.05) is 25.7 Å². The highest BCUT2D eigenvalue weighted by Crippen LogP contribution is 2.45. The second kappa shape index (κ2) is 69.4. The second-order valence-corrected chi connectivity index (χ2v) is 32.3. The zero-order chi connectivity index (χ0) is 72.3. The predicted molar refractivity (Wildman–Crippen MR) is 400 cm³/mol. The van der Waals surface area contributed by atoms with E-state index in [1.165, 1.54) is 218 Å². The van der Waals surface area contributed by atoms with Gasteiger partial charge in [-0.1, -0.05) is 357 Å². The highest BCUT2D eigenvalue weighted by Gasteiger charge is 2.30. The third-order valence-electron chi connectivity index (χ3n) is 19.1. The zero-order valence-corrected chi connectivity index (χ0v) is 66.0. The third-order valence-corrected chi connectivity index (χ3v) is 21.0. The van der Waals surface area contributed by atoms with Crippen LogP contribution in [0.25, 0.3) is 0 Å². The monoisotopic (exact) mass is 1440 g/mol. The van der Waals surface area contributed by atoms with E-state index in [9.17, 15) is 43.2 Å². The Morgan fingerprint density at radius 1 is 0.296 bits per heavy atom.